The lowest BCUT2D eigenvalue weighted by atomic mass is 9.75. The molecule has 0 radical (unpaired) electrons. The van der Waals surface area contributed by atoms with E-state index in [1.807, 2.05) is 0 Å². The van der Waals surface area contributed by atoms with Gasteiger partial charge in [0.1, 0.15) is 0 Å². The van der Waals surface area contributed by atoms with Crippen LogP contribution in [0.3, 0.4) is 0 Å². The quantitative estimate of drug-likeness (QED) is 0.781. The maximum atomic E-state index is 5.88. The van der Waals surface area contributed by atoms with Crippen molar-refractivity contribution in [1.29, 1.82) is 0 Å². The van der Waals surface area contributed by atoms with Crippen LogP contribution in [0.1, 0.15) is 59.3 Å². The molecule has 0 bridgehead atoms. The second kappa shape index (κ2) is 6.02. The summed E-state index contributed by atoms with van der Waals surface area (Å²) in [7, 11) is 2.27. The average molecular weight is 226 g/mol. The highest BCUT2D eigenvalue weighted by Crippen LogP contribution is 2.37. The Bertz CT molecular complexity index is 191. The van der Waals surface area contributed by atoms with Crippen LogP contribution in [0, 0.1) is 5.41 Å². The summed E-state index contributed by atoms with van der Waals surface area (Å²) in [5, 5.41) is 0. The van der Waals surface area contributed by atoms with Crippen LogP contribution in [0.4, 0.5) is 0 Å². The molecule has 0 aromatic carbocycles. The standard InChI is InChI=1S/C14H30N2/c1-5-6-13(11-15)16(4)12-7-9-14(2,3)10-8-12/h12-13H,5-11,15H2,1-4H3. The van der Waals surface area contributed by atoms with Gasteiger partial charge in [0.25, 0.3) is 0 Å². The van der Waals surface area contributed by atoms with Gasteiger partial charge < -0.3 is 5.73 Å². The van der Waals surface area contributed by atoms with Crippen molar-refractivity contribution in [3.05, 3.63) is 0 Å². The van der Waals surface area contributed by atoms with Crippen molar-refractivity contribution in [3.63, 3.8) is 0 Å². The molecule has 0 saturated heterocycles. The topological polar surface area (TPSA) is 29.3 Å². The van der Waals surface area contributed by atoms with Crippen molar-refractivity contribution in [2.24, 2.45) is 11.1 Å². The first-order chi connectivity index (χ1) is 7.50. The lowest BCUT2D eigenvalue weighted by Gasteiger charge is -2.41. The number of rotatable bonds is 5. The van der Waals surface area contributed by atoms with Crippen molar-refractivity contribution in [3.8, 4) is 0 Å². The first-order valence-corrected chi connectivity index (χ1v) is 6.92. The molecule has 0 aromatic rings. The highest BCUT2D eigenvalue weighted by atomic mass is 15.2. The lowest BCUT2D eigenvalue weighted by molar-refractivity contribution is 0.0930. The summed E-state index contributed by atoms with van der Waals surface area (Å²) >= 11 is 0. The van der Waals surface area contributed by atoms with Gasteiger partial charge in [0.05, 0.1) is 0 Å². The Balaban J connectivity index is 2.45. The van der Waals surface area contributed by atoms with Gasteiger partial charge in [0.15, 0.2) is 0 Å². The summed E-state index contributed by atoms with van der Waals surface area (Å²) in [4.78, 5) is 2.55. The fourth-order valence-electron chi connectivity index (χ4n) is 2.91. The van der Waals surface area contributed by atoms with Gasteiger partial charge >= 0.3 is 0 Å². The number of hydrogen-bond acceptors (Lipinski definition) is 2. The number of hydrogen-bond donors (Lipinski definition) is 1. The van der Waals surface area contributed by atoms with Gasteiger partial charge in [-0.3, -0.25) is 4.90 Å². The highest BCUT2D eigenvalue weighted by Gasteiger charge is 2.30. The zero-order valence-corrected chi connectivity index (χ0v) is 11.6. The highest BCUT2D eigenvalue weighted by molar-refractivity contribution is 4.85. The molecule has 2 nitrogen and oxygen atoms in total. The van der Waals surface area contributed by atoms with E-state index in [4.69, 9.17) is 5.73 Å². The Labute approximate surface area is 102 Å². The molecule has 1 unspecified atom stereocenters. The minimum absolute atomic E-state index is 0.570. The Morgan fingerprint density at radius 3 is 2.31 bits per heavy atom. The van der Waals surface area contributed by atoms with E-state index in [2.05, 4.69) is 32.7 Å². The number of nitrogens with two attached hydrogens (primary N) is 1. The summed E-state index contributed by atoms with van der Waals surface area (Å²) in [6.07, 6.45) is 7.92. The van der Waals surface area contributed by atoms with E-state index in [9.17, 15) is 0 Å². The second-order valence-electron chi connectivity index (χ2n) is 6.24. The fraction of sp³-hybridized carbons (Fsp3) is 1.00. The van der Waals surface area contributed by atoms with Gasteiger partial charge in [-0.05, 0) is 44.6 Å². The molecule has 1 fully saturated rings. The molecular weight excluding hydrogens is 196 g/mol. The van der Waals surface area contributed by atoms with Gasteiger partial charge in [-0.1, -0.05) is 27.2 Å². The Hall–Kier alpha value is -0.0800. The van der Waals surface area contributed by atoms with Crippen LogP contribution in [0.15, 0.2) is 0 Å². The zero-order chi connectivity index (χ0) is 12.2. The van der Waals surface area contributed by atoms with E-state index in [-0.39, 0.29) is 0 Å². The Kier molecular flexibility index (Phi) is 5.26. The summed E-state index contributed by atoms with van der Waals surface area (Å²) in [6, 6.07) is 1.37. The summed E-state index contributed by atoms with van der Waals surface area (Å²) in [6.45, 7) is 7.86. The van der Waals surface area contributed by atoms with E-state index >= 15 is 0 Å². The minimum Gasteiger partial charge on any atom is -0.329 e. The summed E-state index contributed by atoms with van der Waals surface area (Å²) in [5.74, 6) is 0. The van der Waals surface area contributed by atoms with Crippen molar-refractivity contribution in [2.75, 3.05) is 13.6 Å². The molecule has 1 atom stereocenters. The fourth-order valence-corrected chi connectivity index (χ4v) is 2.91. The third-order valence-corrected chi connectivity index (χ3v) is 4.35. The number of likely N-dealkylation sites (N-methyl/N-ethyl adjacent to an activating group) is 1. The van der Waals surface area contributed by atoms with E-state index < -0.39 is 0 Å². The largest absolute Gasteiger partial charge is 0.329 e. The van der Waals surface area contributed by atoms with Gasteiger partial charge in [-0.15, -0.1) is 0 Å². The lowest BCUT2D eigenvalue weighted by Crippen LogP contribution is -2.46. The van der Waals surface area contributed by atoms with Crippen LogP contribution in [0.25, 0.3) is 0 Å². The molecule has 0 aromatic heterocycles. The van der Waals surface area contributed by atoms with Crippen molar-refractivity contribution < 1.29 is 0 Å². The van der Waals surface area contributed by atoms with Crippen LogP contribution in [0.2, 0.25) is 0 Å². The molecule has 0 spiro atoms. The molecule has 2 N–H and O–H groups in total. The van der Waals surface area contributed by atoms with E-state index in [1.165, 1.54) is 38.5 Å². The Morgan fingerprint density at radius 2 is 1.88 bits per heavy atom. The predicted octanol–water partition coefficient (Wildman–Crippen LogP) is 3.01. The maximum Gasteiger partial charge on any atom is 0.0218 e. The van der Waals surface area contributed by atoms with E-state index in [0.29, 0.717) is 11.5 Å². The Morgan fingerprint density at radius 1 is 1.31 bits per heavy atom. The SMILES string of the molecule is CCCC(CN)N(C)C1CCC(C)(C)CC1. The third kappa shape index (κ3) is 3.74. The van der Waals surface area contributed by atoms with Crippen molar-refractivity contribution in [1.82, 2.24) is 4.90 Å². The van der Waals surface area contributed by atoms with Crippen molar-refractivity contribution >= 4 is 0 Å². The van der Waals surface area contributed by atoms with Gasteiger partial charge in [0.2, 0.25) is 0 Å². The van der Waals surface area contributed by atoms with Crippen LogP contribution < -0.4 is 5.73 Å². The van der Waals surface area contributed by atoms with Gasteiger partial charge in [-0.25, -0.2) is 0 Å². The predicted molar refractivity (Wildman–Crippen MR) is 71.6 cm³/mol. The minimum atomic E-state index is 0.570. The van der Waals surface area contributed by atoms with Crippen LogP contribution in [-0.4, -0.2) is 30.6 Å². The molecule has 1 aliphatic carbocycles. The first kappa shape index (κ1) is 14.0. The van der Waals surface area contributed by atoms with E-state index in [0.717, 1.165) is 12.6 Å². The average Bonchev–Trinajstić information content (AvgIpc) is 2.25. The molecule has 0 aliphatic heterocycles. The van der Waals surface area contributed by atoms with Gasteiger partial charge in [0, 0.05) is 18.6 Å². The normalized spacial score (nSPS) is 23.6. The molecule has 0 heterocycles. The first-order valence-electron chi connectivity index (χ1n) is 6.92. The molecule has 16 heavy (non-hydrogen) atoms. The third-order valence-electron chi connectivity index (χ3n) is 4.35. The molecule has 1 saturated carbocycles. The molecule has 96 valence electrons. The van der Waals surface area contributed by atoms with Crippen LogP contribution >= 0.6 is 0 Å². The molecule has 2 heteroatoms. The van der Waals surface area contributed by atoms with Crippen LogP contribution in [0.5, 0.6) is 0 Å². The molecule has 0 amide bonds. The van der Waals surface area contributed by atoms with Crippen LogP contribution in [-0.2, 0) is 0 Å². The molecule has 1 rings (SSSR count). The second-order valence-corrected chi connectivity index (χ2v) is 6.24. The van der Waals surface area contributed by atoms with E-state index in [1.54, 1.807) is 0 Å². The molecular formula is C14H30N2. The van der Waals surface area contributed by atoms with Crippen molar-refractivity contribution in [2.45, 2.75) is 71.4 Å². The summed E-state index contributed by atoms with van der Waals surface area (Å²) < 4.78 is 0. The monoisotopic (exact) mass is 226 g/mol. The number of nitrogens with zero attached hydrogens (tertiary/aromatic N) is 1. The summed E-state index contributed by atoms with van der Waals surface area (Å²) in [5.41, 5.74) is 6.45. The zero-order valence-electron chi connectivity index (χ0n) is 11.6. The molecule has 1 aliphatic rings. The smallest absolute Gasteiger partial charge is 0.0218 e. The van der Waals surface area contributed by atoms with Gasteiger partial charge in [-0.2, -0.15) is 0 Å². The maximum absolute atomic E-state index is 5.88.